The molecule has 0 radical (unpaired) electrons. The molecule has 0 bridgehead atoms. The molecule has 0 aliphatic rings. The fourth-order valence-electron chi connectivity index (χ4n) is 1.52. The fraction of sp³-hybridized carbons (Fsp3) is 1.00. The van der Waals surface area contributed by atoms with Crippen LogP contribution in [-0.2, 0) is 0 Å². The van der Waals surface area contributed by atoms with E-state index >= 15 is 0 Å². The summed E-state index contributed by atoms with van der Waals surface area (Å²) in [5, 5.41) is 11.8. The Morgan fingerprint density at radius 1 is 1.08 bits per heavy atom. The maximum atomic E-state index is 8.57. The van der Waals surface area contributed by atoms with Gasteiger partial charge in [0, 0.05) is 31.7 Å². The van der Waals surface area contributed by atoms with Gasteiger partial charge in [-0.25, -0.2) is 0 Å². The first-order valence-corrected chi connectivity index (χ1v) is 5.17. The minimum atomic E-state index is 0.226. The van der Waals surface area contributed by atoms with Crippen molar-refractivity contribution in [3.8, 4) is 0 Å². The first-order chi connectivity index (χ1) is 6.09. The smallest absolute Gasteiger partial charge is 0.0555 e. The molecule has 0 aromatic carbocycles. The Balaban J connectivity index is 3.58. The van der Waals surface area contributed by atoms with Crippen LogP contribution in [0.25, 0.3) is 0 Å². The molecule has 0 aromatic rings. The van der Waals surface area contributed by atoms with Gasteiger partial charge in [-0.2, -0.15) is 0 Å². The van der Waals surface area contributed by atoms with Crippen molar-refractivity contribution in [3.63, 3.8) is 0 Å². The molecular weight excluding hydrogens is 164 g/mol. The van der Waals surface area contributed by atoms with Crippen LogP contribution < -0.4 is 5.32 Å². The number of rotatable bonds is 7. The first-order valence-electron chi connectivity index (χ1n) is 5.17. The second-order valence-electron chi connectivity index (χ2n) is 3.90. The van der Waals surface area contributed by atoms with Crippen LogP contribution in [0.1, 0.15) is 27.7 Å². The van der Waals surface area contributed by atoms with E-state index in [1.54, 1.807) is 0 Å². The van der Waals surface area contributed by atoms with Crippen molar-refractivity contribution in [3.05, 3.63) is 0 Å². The lowest BCUT2D eigenvalue weighted by molar-refractivity contribution is 0.174. The predicted octanol–water partition coefficient (Wildman–Crippen LogP) is 0.687. The molecule has 0 heterocycles. The largest absolute Gasteiger partial charge is 0.395 e. The van der Waals surface area contributed by atoms with E-state index in [-0.39, 0.29) is 6.61 Å². The van der Waals surface area contributed by atoms with Crippen molar-refractivity contribution in [2.75, 3.05) is 26.2 Å². The lowest BCUT2D eigenvalue weighted by atomic mass is 10.2. The summed E-state index contributed by atoms with van der Waals surface area (Å²) in [7, 11) is 0. The van der Waals surface area contributed by atoms with E-state index < -0.39 is 0 Å². The molecule has 0 spiro atoms. The predicted molar refractivity (Wildman–Crippen MR) is 56.9 cm³/mol. The van der Waals surface area contributed by atoms with Crippen LogP contribution in [0.3, 0.4) is 0 Å². The molecule has 0 aliphatic carbocycles. The zero-order chi connectivity index (χ0) is 10.3. The Morgan fingerprint density at radius 3 is 2.00 bits per heavy atom. The van der Waals surface area contributed by atoms with E-state index in [1.165, 1.54) is 0 Å². The van der Waals surface area contributed by atoms with Gasteiger partial charge in [0.2, 0.25) is 0 Å². The third-order valence-electron chi connectivity index (χ3n) is 2.16. The molecular formula is C10H24N2O. The average Bonchev–Trinajstić information content (AvgIpc) is 2.02. The Morgan fingerprint density at radius 2 is 1.62 bits per heavy atom. The number of hydrogen-bond acceptors (Lipinski definition) is 3. The topological polar surface area (TPSA) is 35.5 Å². The normalized spacial score (nSPS) is 12.0. The summed E-state index contributed by atoms with van der Waals surface area (Å²) >= 11 is 0. The van der Waals surface area contributed by atoms with Crippen LogP contribution in [0.15, 0.2) is 0 Å². The van der Waals surface area contributed by atoms with Crippen molar-refractivity contribution >= 4 is 0 Å². The second-order valence-corrected chi connectivity index (χ2v) is 3.90. The second kappa shape index (κ2) is 7.30. The van der Waals surface area contributed by atoms with E-state index in [9.17, 15) is 0 Å². The molecule has 0 aromatic heterocycles. The Labute approximate surface area is 82.1 Å². The Kier molecular flexibility index (Phi) is 7.23. The third kappa shape index (κ3) is 6.02. The standard InChI is InChI=1S/C10H24N2O/c1-9(2)12(10(3)4)7-5-11-6-8-13/h9-11,13H,5-8H2,1-4H3. The monoisotopic (exact) mass is 188 g/mol. The first kappa shape index (κ1) is 12.9. The van der Waals surface area contributed by atoms with Gasteiger partial charge in [0.1, 0.15) is 0 Å². The van der Waals surface area contributed by atoms with Gasteiger partial charge >= 0.3 is 0 Å². The molecule has 2 N–H and O–H groups in total. The Bertz CT molecular complexity index is 107. The molecule has 80 valence electrons. The number of nitrogens with zero attached hydrogens (tertiary/aromatic N) is 1. The number of aliphatic hydroxyl groups is 1. The molecule has 13 heavy (non-hydrogen) atoms. The number of hydrogen-bond donors (Lipinski definition) is 2. The van der Waals surface area contributed by atoms with E-state index in [2.05, 4.69) is 37.9 Å². The molecule has 0 amide bonds. The lowest BCUT2D eigenvalue weighted by Crippen LogP contribution is -2.41. The van der Waals surface area contributed by atoms with E-state index in [0.29, 0.717) is 18.6 Å². The summed E-state index contributed by atoms with van der Waals surface area (Å²) < 4.78 is 0. The summed E-state index contributed by atoms with van der Waals surface area (Å²) in [6.45, 7) is 11.8. The highest BCUT2D eigenvalue weighted by atomic mass is 16.3. The zero-order valence-corrected chi connectivity index (χ0v) is 9.38. The zero-order valence-electron chi connectivity index (χ0n) is 9.38. The summed E-state index contributed by atoms with van der Waals surface area (Å²) in [6, 6.07) is 1.19. The van der Waals surface area contributed by atoms with E-state index in [0.717, 1.165) is 13.1 Å². The van der Waals surface area contributed by atoms with Gasteiger partial charge < -0.3 is 10.4 Å². The minimum absolute atomic E-state index is 0.226. The van der Waals surface area contributed by atoms with Crippen LogP contribution in [0, 0.1) is 0 Å². The van der Waals surface area contributed by atoms with Crippen molar-refractivity contribution in [1.82, 2.24) is 10.2 Å². The van der Waals surface area contributed by atoms with E-state index in [4.69, 9.17) is 5.11 Å². The number of aliphatic hydroxyl groups excluding tert-OH is 1. The Hall–Kier alpha value is -0.120. The molecule has 0 saturated carbocycles. The number of nitrogens with one attached hydrogen (secondary N) is 1. The van der Waals surface area contributed by atoms with Crippen LogP contribution in [0.4, 0.5) is 0 Å². The van der Waals surface area contributed by atoms with E-state index in [1.807, 2.05) is 0 Å². The molecule has 0 rings (SSSR count). The SMILES string of the molecule is CC(C)N(CCNCCO)C(C)C. The van der Waals surface area contributed by atoms with Crippen LogP contribution in [0.5, 0.6) is 0 Å². The van der Waals surface area contributed by atoms with Crippen molar-refractivity contribution in [2.45, 2.75) is 39.8 Å². The molecule has 0 unspecified atom stereocenters. The molecule has 0 saturated heterocycles. The maximum Gasteiger partial charge on any atom is 0.0555 e. The highest BCUT2D eigenvalue weighted by Gasteiger charge is 2.11. The summed E-state index contributed by atoms with van der Waals surface area (Å²) in [5.74, 6) is 0. The van der Waals surface area contributed by atoms with Gasteiger partial charge in [-0.1, -0.05) is 0 Å². The summed E-state index contributed by atoms with van der Waals surface area (Å²) in [6.07, 6.45) is 0. The van der Waals surface area contributed by atoms with Gasteiger partial charge in [0.15, 0.2) is 0 Å². The van der Waals surface area contributed by atoms with Crippen molar-refractivity contribution in [2.24, 2.45) is 0 Å². The third-order valence-corrected chi connectivity index (χ3v) is 2.16. The van der Waals surface area contributed by atoms with Gasteiger partial charge in [-0.3, -0.25) is 4.90 Å². The summed E-state index contributed by atoms with van der Waals surface area (Å²) in [5.41, 5.74) is 0. The highest BCUT2D eigenvalue weighted by Crippen LogP contribution is 2.02. The van der Waals surface area contributed by atoms with Crippen molar-refractivity contribution in [1.29, 1.82) is 0 Å². The van der Waals surface area contributed by atoms with Crippen molar-refractivity contribution < 1.29 is 5.11 Å². The summed E-state index contributed by atoms with van der Waals surface area (Å²) in [4.78, 5) is 2.43. The van der Waals surface area contributed by atoms with Gasteiger partial charge in [-0.15, -0.1) is 0 Å². The minimum Gasteiger partial charge on any atom is -0.395 e. The molecule has 3 heteroatoms. The molecule has 0 fully saturated rings. The van der Waals surface area contributed by atoms with Crippen LogP contribution in [-0.4, -0.2) is 48.3 Å². The van der Waals surface area contributed by atoms with Gasteiger partial charge in [0.25, 0.3) is 0 Å². The van der Waals surface area contributed by atoms with Crippen LogP contribution >= 0.6 is 0 Å². The fourth-order valence-corrected chi connectivity index (χ4v) is 1.52. The van der Waals surface area contributed by atoms with Crippen LogP contribution in [0.2, 0.25) is 0 Å². The molecule has 0 atom stereocenters. The quantitative estimate of drug-likeness (QED) is 0.577. The maximum absolute atomic E-state index is 8.57. The molecule has 3 nitrogen and oxygen atoms in total. The highest BCUT2D eigenvalue weighted by molar-refractivity contribution is 4.68. The van der Waals surface area contributed by atoms with Gasteiger partial charge in [-0.05, 0) is 27.7 Å². The molecule has 0 aliphatic heterocycles. The lowest BCUT2D eigenvalue weighted by Gasteiger charge is -2.30. The average molecular weight is 188 g/mol. The van der Waals surface area contributed by atoms with Gasteiger partial charge in [0.05, 0.1) is 6.61 Å².